The van der Waals surface area contributed by atoms with E-state index in [9.17, 15) is 0 Å². The van der Waals surface area contributed by atoms with E-state index in [2.05, 4.69) is 66.2 Å². The molecule has 2 aromatic rings. The van der Waals surface area contributed by atoms with Gasteiger partial charge >= 0.3 is 0 Å². The number of allylic oxidation sites excluding steroid dienone is 4. The summed E-state index contributed by atoms with van der Waals surface area (Å²) >= 11 is 0. The van der Waals surface area contributed by atoms with Gasteiger partial charge in [-0.2, -0.15) is 0 Å². The van der Waals surface area contributed by atoms with Gasteiger partial charge in [0.1, 0.15) is 0 Å². The Morgan fingerprint density at radius 2 is 1.93 bits per heavy atom. The lowest BCUT2D eigenvalue weighted by Crippen LogP contribution is -1.91. The third kappa shape index (κ3) is 1.73. The summed E-state index contributed by atoms with van der Waals surface area (Å²) < 4.78 is 2.20. The summed E-state index contributed by atoms with van der Waals surface area (Å²) in [6, 6.07) is 10.6. The van der Waals surface area contributed by atoms with E-state index in [0.29, 0.717) is 0 Å². The van der Waals surface area contributed by atoms with Gasteiger partial charge in [-0.1, -0.05) is 30.4 Å². The van der Waals surface area contributed by atoms with Crippen LogP contribution >= 0.6 is 0 Å². The molecule has 0 fully saturated rings. The first-order valence-corrected chi connectivity index (χ1v) is 5.22. The molecule has 0 N–H and O–H groups in total. The Morgan fingerprint density at radius 1 is 1.13 bits per heavy atom. The predicted octanol–water partition coefficient (Wildman–Crippen LogP) is 4.08. The maximum absolute atomic E-state index is 2.20. The maximum atomic E-state index is 2.20. The molecule has 1 aromatic heterocycles. The van der Waals surface area contributed by atoms with Crippen LogP contribution in [0, 0.1) is 0 Å². The van der Waals surface area contributed by atoms with E-state index in [1.54, 1.807) is 0 Å². The van der Waals surface area contributed by atoms with Crippen LogP contribution in [0.2, 0.25) is 0 Å². The molecular formula is C14H15N. The van der Waals surface area contributed by atoms with Gasteiger partial charge < -0.3 is 4.57 Å². The molecule has 0 atom stereocenters. The number of hydrogen-bond donors (Lipinski definition) is 0. The summed E-state index contributed by atoms with van der Waals surface area (Å²) in [4.78, 5) is 0. The normalized spacial score (nSPS) is 12.8. The van der Waals surface area contributed by atoms with Gasteiger partial charge in [-0.25, -0.2) is 0 Å². The fourth-order valence-electron chi connectivity index (χ4n) is 1.79. The van der Waals surface area contributed by atoms with E-state index >= 15 is 0 Å². The zero-order valence-electron chi connectivity index (χ0n) is 9.14. The van der Waals surface area contributed by atoms with Gasteiger partial charge in [-0.3, -0.25) is 0 Å². The summed E-state index contributed by atoms with van der Waals surface area (Å²) in [7, 11) is 0. The van der Waals surface area contributed by atoms with Crippen LogP contribution < -0.4 is 0 Å². The molecule has 0 amide bonds. The van der Waals surface area contributed by atoms with Crippen LogP contribution in [0.15, 0.2) is 54.8 Å². The molecule has 1 heterocycles. The number of aromatic nitrogens is 1. The average molecular weight is 197 g/mol. The monoisotopic (exact) mass is 197 g/mol. The molecule has 0 bridgehead atoms. The lowest BCUT2D eigenvalue weighted by Gasteiger charge is -2.05. The maximum Gasteiger partial charge on any atom is 0.0528 e. The highest BCUT2D eigenvalue weighted by Crippen LogP contribution is 2.19. The fourth-order valence-corrected chi connectivity index (χ4v) is 1.79. The second-order valence-corrected chi connectivity index (χ2v) is 3.46. The first-order chi connectivity index (χ1) is 7.36. The van der Waals surface area contributed by atoms with Crippen molar-refractivity contribution in [3.63, 3.8) is 0 Å². The number of nitrogens with zero attached hydrogens (tertiary/aromatic N) is 1. The zero-order chi connectivity index (χ0) is 10.7. The van der Waals surface area contributed by atoms with Crippen molar-refractivity contribution in [3.8, 4) is 0 Å². The van der Waals surface area contributed by atoms with Crippen molar-refractivity contribution in [1.82, 2.24) is 4.57 Å². The van der Waals surface area contributed by atoms with Crippen molar-refractivity contribution in [3.05, 3.63) is 54.8 Å². The van der Waals surface area contributed by atoms with Crippen molar-refractivity contribution in [1.29, 1.82) is 0 Å². The Kier molecular flexibility index (Phi) is 2.72. The third-order valence-corrected chi connectivity index (χ3v) is 2.51. The van der Waals surface area contributed by atoms with E-state index in [1.807, 2.05) is 6.92 Å². The van der Waals surface area contributed by atoms with Gasteiger partial charge in [-0.15, -0.1) is 0 Å². The van der Waals surface area contributed by atoms with Crippen LogP contribution in [0.25, 0.3) is 16.6 Å². The molecule has 0 spiro atoms. The SMILES string of the molecule is C/C=C\C(=C/C)n1ccc2ccccc21. The minimum Gasteiger partial charge on any atom is -0.317 e. The summed E-state index contributed by atoms with van der Waals surface area (Å²) in [6.45, 7) is 4.10. The molecule has 0 aliphatic carbocycles. The van der Waals surface area contributed by atoms with Crippen molar-refractivity contribution in [2.45, 2.75) is 13.8 Å². The predicted molar refractivity (Wildman–Crippen MR) is 66.7 cm³/mol. The molecule has 1 aromatic carbocycles. The molecule has 0 aliphatic heterocycles. The van der Waals surface area contributed by atoms with Gasteiger partial charge in [-0.05, 0) is 37.4 Å². The molecule has 1 nitrogen and oxygen atoms in total. The average Bonchev–Trinajstić information content (AvgIpc) is 2.70. The number of hydrogen-bond acceptors (Lipinski definition) is 0. The lowest BCUT2D eigenvalue weighted by molar-refractivity contribution is 1.17. The van der Waals surface area contributed by atoms with Crippen molar-refractivity contribution < 1.29 is 0 Å². The van der Waals surface area contributed by atoms with E-state index in [1.165, 1.54) is 16.6 Å². The van der Waals surface area contributed by atoms with E-state index in [-0.39, 0.29) is 0 Å². The molecular weight excluding hydrogens is 182 g/mol. The minimum absolute atomic E-state index is 1.21. The fraction of sp³-hybridized carbons (Fsp3) is 0.143. The smallest absolute Gasteiger partial charge is 0.0528 e. The molecule has 0 aliphatic rings. The molecule has 0 radical (unpaired) electrons. The summed E-state index contributed by atoms with van der Waals surface area (Å²) in [5, 5.41) is 1.28. The molecule has 0 unspecified atom stereocenters. The number of para-hydroxylation sites is 1. The molecule has 76 valence electrons. The lowest BCUT2D eigenvalue weighted by atomic mass is 10.2. The Bertz CT molecular complexity index is 515. The first-order valence-electron chi connectivity index (χ1n) is 5.22. The standard InChI is InChI=1S/C14H15N/c1-3-7-13(4-2)15-11-10-12-8-5-6-9-14(12)15/h3-11H,1-2H3/b7-3-,13-4+. The highest BCUT2D eigenvalue weighted by atomic mass is 15.0. The summed E-state index contributed by atoms with van der Waals surface area (Å²) in [6.07, 6.45) is 8.41. The second-order valence-electron chi connectivity index (χ2n) is 3.46. The van der Waals surface area contributed by atoms with Crippen LogP contribution in [0.4, 0.5) is 0 Å². The quantitative estimate of drug-likeness (QED) is 0.639. The van der Waals surface area contributed by atoms with Gasteiger partial charge in [0.15, 0.2) is 0 Å². The van der Waals surface area contributed by atoms with Crippen molar-refractivity contribution >= 4 is 16.6 Å². The van der Waals surface area contributed by atoms with Crippen molar-refractivity contribution in [2.75, 3.05) is 0 Å². The topological polar surface area (TPSA) is 4.93 Å². The Morgan fingerprint density at radius 3 is 2.67 bits per heavy atom. The van der Waals surface area contributed by atoms with Crippen LogP contribution in [0.5, 0.6) is 0 Å². The van der Waals surface area contributed by atoms with Crippen LogP contribution in [-0.4, -0.2) is 4.57 Å². The number of fused-ring (bicyclic) bond motifs is 1. The van der Waals surface area contributed by atoms with E-state index in [4.69, 9.17) is 0 Å². The van der Waals surface area contributed by atoms with Crippen LogP contribution in [0.1, 0.15) is 13.8 Å². The van der Waals surface area contributed by atoms with Gasteiger partial charge in [0.25, 0.3) is 0 Å². The van der Waals surface area contributed by atoms with Crippen molar-refractivity contribution in [2.24, 2.45) is 0 Å². The zero-order valence-corrected chi connectivity index (χ0v) is 9.14. The largest absolute Gasteiger partial charge is 0.317 e. The summed E-state index contributed by atoms with van der Waals surface area (Å²) in [5.74, 6) is 0. The van der Waals surface area contributed by atoms with E-state index < -0.39 is 0 Å². The number of rotatable bonds is 2. The van der Waals surface area contributed by atoms with Gasteiger partial charge in [0.2, 0.25) is 0 Å². The first kappa shape index (κ1) is 9.78. The van der Waals surface area contributed by atoms with Gasteiger partial charge in [0, 0.05) is 11.9 Å². The second kappa shape index (κ2) is 4.18. The Balaban J connectivity index is 2.61. The minimum atomic E-state index is 1.21. The number of benzene rings is 1. The highest BCUT2D eigenvalue weighted by Gasteiger charge is 2.00. The van der Waals surface area contributed by atoms with Crippen LogP contribution in [0.3, 0.4) is 0 Å². The third-order valence-electron chi connectivity index (χ3n) is 2.51. The highest BCUT2D eigenvalue weighted by molar-refractivity contribution is 5.84. The van der Waals surface area contributed by atoms with E-state index in [0.717, 1.165) is 0 Å². The van der Waals surface area contributed by atoms with Gasteiger partial charge in [0.05, 0.1) is 5.52 Å². The molecule has 15 heavy (non-hydrogen) atoms. The Labute approximate surface area is 90.3 Å². The molecule has 2 rings (SSSR count). The molecule has 0 saturated heterocycles. The molecule has 1 heteroatoms. The van der Waals surface area contributed by atoms with Crippen LogP contribution in [-0.2, 0) is 0 Å². The Hall–Kier alpha value is -1.76. The summed E-state index contributed by atoms with van der Waals surface area (Å²) in [5.41, 5.74) is 2.46. The molecule has 0 saturated carbocycles.